The number of benzene rings is 2. The molecule has 4 fully saturated rings. The number of amides is 6. The predicted octanol–water partition coefficient (Wildman–Crippen LogP) is 4.12. The lowest BCUT2D eigenvalue weighted by Crippen LogP contribution is -2.55. The van der Waals surface area contributed by atoms with Gasteiger partial charge in [-0.3, -0.25) is 29.1 Å². The number of imide groups is 1. The van der Waals surface area contributed by atoms with E-state index in [0.29, 0.717) is 67.3 Å². The number of nitrogens with zero attached hydrogens (tertiary/aromatic N) is 7. The van der Waals surface area contributed by atoms with E-state index < -0.39 is 46.6 Å². The number of hydrogen-bond donors (Lipinski definition) is 3. The SMILES string of the molecule is [B]C1([B])C(C(=O)Nc2ccc(CNC(=O)N3CCC(N4CCN(C(=O)CCSSC(N)=N/N=C(\C)c5ccc(OCCCC(=O)ON6C(=O)CCC6=O)cc5)CC4)CC3)c(F)c2)C1c1cccnc1. The fraction of sp³-hybridized carbons (Fsp3) is 0.457. The molecule has 3 aliphatic heterocycles. The van der Waals surface area contributed by atoms with Gasteiger partial charge in [0.15, 0.2) is 5.17 Å². The first kappa shape index (κ1) is 50.9. The molecule has 23 heteroatoms. The van der Waals surface area contributed by atoms with Crippen molar-refractivity contribution in [2.24, 2.45) is 21.9 Å². The van der Waals surface area contributed by atoms with Gasteiger partial charge in [-0.1, -0.05) is 28.1 Å². The number of piperazine rings is 1. The number of likely N-dealkylation sites (tertiary alicyclic amines) is 1. The van der Waals surface area contributed by atoms with E-state index in [4.69, 9.17) is 31.0 Å². The van der Waals surface area contributed by atoms with Crippen LogP contribution in [0.15, 0.2) is 77.2 Å². The molecule has 4 N–H and O–H groups in total. The molecule has 0 spiro atoms. The van der Waals surface area contributed by atoms with E-state index in [-0.39, 0.29) is 60.8 Å². The van der Waals surface area contributed by atoms with Crippen molar-refractivity contribution in [2.45, 2.75) is 75.6 Å². The number of amidine groups is 1. The minimum atomic E-state index is -1.23. The molecular weight excluding hydrogens is 925 g/mol. The Morgan fingerprint density at radius 1 is 0.942 bits per heavy atom. The van der Waals surface area contributed by atoms with Gasteiger partial charge < -0.3 is 35.7 Å². The molecule has 69 heavy (non-hydrogen) atoms. The number of hydrogen-bond acceptors (Lipinski definition) is 14. The smallest absolute Gasteiger partial charge is 0.333 e. The van der Waals surface area contributed by atoms with Crippen LogP contribution < -0.4 is 21.1 Å². The summed E-state index contributed by atoms with van der Waals surface area (Å²) in [5.74, 6) is -2.56. The average Bonchev–Trinajstić information content (AvgIpc) is 3.82. The molecule has 1 saturated carbocycles. The quantitative estimate of drug-likeness (QED) is 0.0311. The number of carbonyl (C=O) groups is 6. The van der Waals surface area contributed by atoms with E-state index in [2.05, 4.69) is 30.7 Å². The maximum absolute atomic E-state index is 15.1. The number of urea groups is 1. The highest BCUT2D eigenvalue weighted by molar-refractivity contribution is 8.82. The molecule has 6 amide bonds. The van der Waals surface area contributed by atoms with Gasteiger partial charge in [-0.25, -0.2) is 14.0 Å². The highest BCUT2D eigenvalue weighted by Gasteiger charge is 2.60. The lowest BCUT2D eigenvalue weighted by Gasteiger charge is -2.42. The Kier molecular flexibility index (Phi) is 17.4. The van der Waals surface area contributed by atoms with Crippen LogP contribution in [0, 0.1) is 11.7 Å². The third-order valence-electron chi connectivity index (χ3n) is 12.4. The summed E-state index contributed by atoms with van der Waals surface area (Å²) >= 11 is 0. The van der Waals surface area contributed by atoms with Gasteiger partial charge in [0.2, 0.25) is 11.8 Å². The number of hydroxylamine groups is 2. The van der Waals surface area contributed by atoms with Crippen molar-refractivity contribution < 1.29 is 42.7 Å². The number of carbonyl (C=O) groups excluding carboxylic acids is 6. The lowest BCUT2D eigenvalue weighted by molar-refractivity contribution is -0.197. The zero-order valence-corrected chi connectivity index (χ0v) is 39.9. The molecule has 3 aromatic rings. The van der Waals surface area contributed by atoms with Gasteiger partial charge in [-0.15, -0.1) is 10.2 Å². The molecule has 4 radical (unpaired) electrons. The molecule has 2 atom stereocenters. The van der Waals surface area contributed by atoms with Crippen LogP contribution in [0.4, 0.5) is 14.9 Å². The number of aromatic nitrogens is 1. The van der Waals surface area contributed by atoms with E-state index in [1.807, 2.05) is 23.1 Å². The Morgan fingerprint density at radius 2 is 1.67 bits per heavy atom. The van der Waals surface area contributed by atoms with Crippen molar-refractivity contribution in [3.05, 3.63) is 89.5 Å². The van der Waals surface area contributed by atoms with Crippen molar-refractivity contribution >= 4 is 89.5 Å². The van der Waals surface area contributed by atoms with Crippen LogP contribution in [0.1, 0.15) is 74.5 Å². The van der Waals surface area contributed by atoms with E-state index in [9.17, 15) is 28.8 Å². The number of halogens is 1. The van der Waals surface area contributed by atoms with Crippen LogP contribution in [0.2, 0.25) is 5.21 Å². The highest BCUT2D eigenvalue weighted by Crippen LogP contribution is 2.66. The maximum atomic E-state index is 15.1. The van der Waals surface area contributed by atoms with E-state index in [1.165, 1.54) is 33.7 Å². The molecule has 4 heterocycles. The summed E-state index contributed by atoms with van der Waals surface area (Å²) in [5.41, 5.74) is 8.82. The zero-order chi connectivity index (χ0) is 49.1. The predicted molar refractivity (Wildman–Crippen MR) is 262 cm³/mol. The molecule has 1 aromatic heterocycles. The minimum absolute atomic E-state index is 0.0116. The second-order valence-corrected chi connectivity index (χ2v) is 19.6. The summed E-state index contributed by atoms with van der Waals surface area (Å²) in [5, 5.41) is 13.4. The molecule has 7 rings (SSSR count). The van der Waals surface area contributed by atoms with Crippen molar-refractivity contribution in [1.82, 2.24) is 30.1 Å². The second-order valence-electron chi connectivity index (χ2n) is 17.1. The molecule has 18 nitrogen and oxygen atoms in total. The number of ether oxygens (including phenoxy) is 1. The number of pyridine rings is 1. The van der Waals surface area contributed by atoms with Crippen LogP contribution in [0.3, 0.4) is 0 Å². The Hall–Kier alpha value is -5.93. The number of rotatable bonds is 18. The van der Waals surface area contributed by atoms with Gasteiger partial charge in [0.25, 0.3) is 11.8 Å². The second kappa shape index (κ2) is 23.6. The van der Waals surface area contributed by atoms with Gasteiger partial charge in [0, 0.05) is 106 Å². The Morgan fingerprint density at radius 3 is 2.35 bits per heavy atom. The van der Waals surface area contributed by atoms with Gasteiger partial charge in [-0.2, -0.15) is 5.10 Å². The molecule has 4 aliphatic rings. The normalized spacial score (nSPS) is 19.9. The zero-order valence-electron chi connectivity index (χ0n) is 38.2. The number of piperidine rings is 1. The molecule has 1 aliphatic carbocycles. The summed E-state index contributed by atoms with van der Waals surface area (Å²) in [6.07, 6.45) is 5.61. The van der Waals surface area contributed by atoms with Crippen molar-refractivity contribution in [1.29, 1.82) is 0 Å². The number of anilines is 1. The molecule has 0 bridgehead atoms. The summed E-state index contributed by atoms with van der Waals surface area (Å²) in [7, 11) is 15.1. The summed E-state index contributed by atoms with van der Waals surface area (Å²) in [6.45, 7) is 5.91. The highest BCUT2D eigenvalue weighted by atomic mass is 33.1. The molecule has 2 unspecified atom stereocenters. The monoisotopic (exact) mass is 978 g/mol. The van der Waals surface area contributed by atoms with Crippen LogP contribution in [0.5, 0.6) is 5.75 Å². The minimum Gasteiger partial charge on any atom is -0.494 e. The van der Waals surface area contributed by atoms with E-state index in [1.54, 1.807) is 48.5 Å². The Labute approximate surface area is 410 Å². The lowest BCUT2D eigenvalue weighted by atomic mass is 9.63. The summed E-state index contributed by atoms with van der Waals surface area (Å²) in [4.78, 5) is 89.1. The van der Waals surface area contributed by atoms with Crippen LogP contribution in [0.25, 0.3) is 0 Å². The van der Waals surface area contributed by atoms with Crippen LogP contribution in [-0.2, 0) is 35.4 Å². The third kappa shape index (κ3) is 13.7. The first-order chi connectivity index (χ1) is 33.2. The van der Waals surface area contributed by atoms with Crippen molar-refractivity contribution in [3.8, 4) is 5.75 Å². The Bertz CT molecular complexity index is 2410. The number of nitrogens with one attached hydrogen (secondary N) is 2. The van der Waals surface area contributed by atoms with E-state index in [0.717, 1.165) is 37.1 Å². The standard InChI is InChI=1S/C46H53B2FN10O8S2/c1-29(30-7-10-35(11-8-30)66-24-3-5-40(63)67-59-38(61)12-13-39(59)62)54-55-44(50)69-68-25-16-37(60)57-22-20-56(21-23-57)34-14-18-58(19-15-34)45(65)52-28-31-6-9-33(26-36(31)49)53-43(64)42-41(46(42,47)48)32-4-2-17-51-27-32/h2,4,6-11,17,26-27,34,41-42H,3,5,12-16,18-25,28H2,1H3,(H2,50,55)(H,52,65)(H,53,64)/b54-29+. The van der Waals surface area contributed by atoms with Gasteiger partial charge >= 0.3 is 12.0 Å². The topological polar surface area (TPSA) is 222 Å². The van der Waals surface area contributed by atoms with Crippen LogP contribution >= 0.6 is 21.6 Å². The fourth-order valence-corrected chi connectivity index (χ4v) is 9.98. The molecule has 2 aromatic carbocycles. The first-order valence-corrected chi connectivity index (χ1v) is 25.1. The third-order valence-corrected chi connectivity index (χ3v) is 14.5. The molecular formula is C46H53B2FN10O8S2. The fourth-order valence-electron chi connectivity index (χ4n) is 8.48. The maximum Gasteiger partial charge on any atom is 0.333 e. The largest absolute Gasteiger partial charge is 0.494 e. The Balaban J connectivity index is 0.728. The van der Waals surface area contributed by atoms with Crippen molar-refractivity contribution in [3.63, 3.8) is 0 Å². The summed E-state index contributed by atoms with van der Waals surface area (Å²) < 4.78 is 20.8. The van der Waals surface area contributed by atoms with Gasteiger partial charge in [0.05, 0.1) is 34.4 Å². The van der Waals surface area contributed by atoms with Gasteiger partial charge in [0.1, 0.15) is 11.6 Å². The number of nitrogens with two attached hydrogens (primary N) is 1. The summed E-state index contributed by atoms with van der Waals surface area (Å²) in [6, 6.07) is 15.1. The van der Waals surface area contributed by atoms with E-state index >= 15 is 4.39 Å². The van der Waals surface area contributed by atoms with Gasteiger partial charge in [-0.05, 0) is 96.5 Å². The first-order valence-electron chi connectivity index (χ1n) is 22.8. The molecule has 3 saturated heterocycles. The van der Waals surface area contributed by atoms with Crippen LogP contribution in [-0.4, -0.2) is 145 Å². The molecule has 360 valence electrons. The average molecular weight is 979 g/mol. The van der Waals surface area contributed by atoms with Crippen molar-refractivity contribution in [2.75, 3.05) is 56.9 Å².